The van der Waals surface area contributed by atoms with Crippen LogP contribution in [0.4, 0.5) is 0 Å². The quantitative estimate of drug-likeness (QED) is 0.726. The molecule has 0 N–H and O–H groups in total. The van der Waals surface area contributed by atoms with E-state index in [1.165, 1.54) is 5.56 Å². The van der Waals surface area contributed by atoms with E-state index in [2.05, 4.69) is 28.4 Å². The summed E-state index contributed by atoms with van der Waals surface area (Å²) < 4.78 is 7.19. The van der Waals surface area contributed by atoms with Crippen LogP contribution in [-0.2, 0) is 13.0 Å². The number of nitriles is 1. The maximum atomic E-state index is 8.87. The fourth-order valence-electron chi connectivity index (χ4n) is 2.38. The van der Waals surface area contributed by atoms with Gasteiger partial charge >= 0.3 is 0 Å². The summed E-state index contributed by atoms with van der Waals surface area (Å²) in [5, 5.41) is 17.1. The number of aromatic nitrogens is 3. The molecule has 3 rings (SSSR count). The molecule has 0 amide bonds. The molecule has 0 bridgehead atoms. The molecule has 0 atom stereocenters. The molecular formula is C18H16N4O. The molecule has 0 saturated carbocycles. The lowest BCUT2D eigenvalue weighted by Crippen LogP contribution is -2.02. The molecule has 3 aromatic rings. The molecule has 23 heavy (non-hydrogen) atoms. The smallest absolute Gasteiger partial charge is 0.163 e. The molecule has 5 nitrogen and oxygen atoms in total. The number of nitrogens with zero attached hydrogens (tertiary/aromatic N) is 4. The van der Waals surface area contributed by atoms with Crippen molar-refractivity contribution < 1.29 is 4.74 Å². The van der Waals surface area contributed by atoms with Crippen LogP contribution < -0.4 is 4.74 Å². The van der Waals surface area contributed by atoms with Gasteiger partial charge in [0.1, 0.15) is 12.1 Å². The third-order valence-corrected chi connectivity index (χ3v) is 3.69. The first kappa shape index (κ1) is 14.8. The van der Waals surface area contributed by atoms with Crippen molar-refractivity contribution in [2.45, 2.75) is 13.0 Å². The molecule has 0 saturated heterocycles. The summed E-state index contributed by atoms with van der Waals surface area (Å²) in [4.78, 5) is 0. The molecule has 1 heterocycles. The van der Waals surface area contributed by atoms with Crippen LogP contribution >= 0.6 is 0 Å². The first-order valence-electron chi connectivity index (χ1n) is 7.31. The van der Waals surface area contributed by atoms with Gasteiger partial charge in [0.05, 0.1) is 18.7 Å². The normalized spacial score (nSPS) is 10.3. The van der Waals surface area contributed by atoms with Gasteiger partial charge in [0.2, 0.25) is 0 Å². The third-order valence-electron chi connectivity index (χ3n) is 3.69. The van der Waals surface area contributed by atoms with E-state index in [0.717, 1.165) is 30.1 Å². The Morgan fingerprint density at radius 3 is 2.48 bits per heavy atom. The minimum absolute atomic E-state index is 0.637. The molecule has 0 radical (unpaired) electrons. The van der Waals surface area contributed by atoms with E-state index in [0.29, 0.717) is 5.56 Å². The number of benzene rings is 2. The third kappa shape index (κ3) is 3.38. The Kier molecular flexibility index (Phi) is 4.34. The first-order chi connectivity index (χ1) is 11.3. The Hall–Kier alpha value is -3.13. The average Bonchev–Trinajstić information content (AvgIpc) is 3.09. The van der Waals surface area contributed by atoms with Crippen LogP contribution in [0.3, 0.4) is 0 Å². The number of hydrogen-bond donors (Lipinski definition) is 0. The summed E-state index contributed by atoms with van der Waals surface area (Å²) in [6, 6.07) is 17.5. The number of methoxy groups -OCH3 is 1. The topological polar surface area (TPSA) is 63.7 Å². The van der Waals surface area contributed by atoms with E-state index in [9.17, 15) is 0 Å². The molecule has 0 aliphatic heterocycles. The van der Waals surface area contributed by atoms with Gasteiger partial charge in [-0.3, -0.25) is 0 Å². The van der Waals surface area contributed by atoms with Gasteiger partial charge in [-0.1, -0.05) is 12.1 Å². The predicted octanol–water partition coefficient (Wildman–Crippen LogP) is 3.07. The van der Waals surface area contributed by atoms with Crippen molar-refractivity contribution in [3.8, 4) is 23.2 Å². The summed E-state index contributed by atoms with van der Waals surface area (Å²) in [6.45, 7) is 0.786. The molecule has 0 unspecified atom stereocenters. The molecule has 0 aliphatic rings. The van der Waals surface area contributed by atoms with Gasteiger partial charge in [-0.15, -0.1) is 10.2 Å². The number of aryl methyl sites for hydroxylation is 2. The molecular weight excluding hydrogens is 288 g/mol. The van der Waals surface area contributed by atoms with E-state index in [-0.39, 0.29) is 0 Å². The summed E-state index contributed by atoms with van der Waals surface area (Å²) in [5.74, 6) is 1.67. The minimum Gasteiger partial charge on any atom is -0.497 e. The van der Waals surface area contributed by atoms with Crippen LogP contribution in [-0.4, -0.2) is 21.9 Å². The Bertz CT molecular complexity index is 813. The van der Waals surface area contributed by atoms with Gasteiger partial charge in [0, 0.05) is 12.1 Å². The summed E-state index contributed by atoms with van der Waals surface area (Å²) >= 11 is 0. The van der Waals surface area contributed by atoms with Crippen LogP contribution in [0, 0.1) is 11.3 Å². The fourth-order valence-corrected chi connectivity index (χ4v) is 2.38. The highest BCUT2D eigenvalue weighted by Crippen LogP contribution is 2.18. The second kappa shape index (κ2) is 6.75. The highest BCUT2D eigenvalue weighted by Gasteiger charge is 2.07. The van der Waals surface area contributed by atoms with Crippen molar-refractivity contribution in [1.29, 1.82) is 5.26 Å². The fraction of sp³-hybridized carbons (Fsp3) is 0.167. The van der Waals surface area contributed by atoms with Crippen LogP contribution in [0.15, 0.2) is 54.9 Å². The predicted molar refractivity (Wildman–Crippen MR) is 86.9 cm³/mol. The van der Waals surface area contributed by atoms with Crippen molar-refractivity contribution in [1.82, 2.24) is 14.8 Å². The zero-order chi connectivity index (χ0) is 16.1. The van der Waals surface area contributed by atoms with Gasteiger partial charge in [-0.2, -0.15) is 5.26 Å². The largest absolute Gasteiger partial charge is 0.497 e. The Morgan fingerprint density at radius 2 is 1.83 bits per heavy atom. The van der Waals surface area contributed by atoms with Crippen molar-refractivity contribution in [3.63, 3.8) is 0 Å². The van der Waals surface area contributed by atoms with Crippen LogP contribution in [0.2, 0.25) is 0 Å². The lowest BCUT2D eigenvalue weighted by molar-refractivity contribution is 0.414. The van der Waals surface area contributed by atoms with Crippen molar-refractivity contribution in [2.24, 2.45) is 0 Å². The lowest BCUT2D eigenvalue weighted by Gasteiger charge is -2.07. The highest BCUT2D eigenvalue weighted by atomic mass is 16.5. The Labute approximate surface area is 134 Å². The second-order valence-electron chi connectivity index (χ2n) is 5.14. The SMILES string of the molecule is COc1ccc(CCn2cnnc2-c2ccc(C#N)cc2)cc1. The Balaban J connectivity index is 1.73. The molecule has 2 aromatic carbocycles. The zero-order valence-corrected chi connectivity index (χ0v) is 12.8. The monoisotopic (exact) mass is 304 g/mol. The molecule has 0 fully saturated rings. The second-order valence-corrected chi connectivity index (χ2v) is 5.14. The standard InChI is InChI=1S/C18H16N4O/c1-23-17-8-4-14(5-9-17)10-11-22-13-20-21-18(22)16-6-2-15(12-19)3-7-16/h2-9,13H,10-11H2,1H3. The lowest BCUT2D eigenvalue weighted by atomic mass is 10.1. The molecule has 1 aromatic heterocycles. The number of ether oxygens (including phenoxy) is 1. The average molecular weight is 304 g/mol. The van der Waals surface area contributed by atoms with Gasteiger partial charge in [-0.25, -0.2) is 0 Å². The molecule has 0 spiro atoms. The molecule has 5 heteroatoms. The van der Waals surface area contributed by atoms with E-state index >= 15 is 0 Å². The van der Waals surface area contributed by atoms with Gasteiger partial charge in [0.15, 0.2) is 5.82 Å². The summed E-state index contributed by atoms with van der Waals surface area (Å²) in [5.41, 5.74) is 2.82. The molecule has 114 valence electrons. The van der Waals surface area contributed by atoms with E-state index in [1.54, 1.807) is 25.6 Å². The van der Waals surface area contributed by atoms with E-state index in [1.807, 2.05) is 28.8 Å². The highest BCUT2D eigenvalue weighted by molar-refractivity contribution is 5.56. The van der Waals surface area contributed by atoms with Crippen molar-refractivity contribution in [3.05, 3.63) is 66.0 Å². The maximum absolute atomic E-state index is 8.87. The summed E-state index contributed by atoms with van der Waals surface area (Å²) in [6.07, 6.45) is 2.61. The van der Waals surface area contributed by atoms with Crippen LogP contribution in [0.5, 0.6) is 5.75 Å². The minimum atomic E-state index is 0.637. The maximum Gasteiger partial charge on any atom is 0.163 e. The number of rotatable bonds is 5. The summed E-state index contributed by atoms with van der Waals surface area (Å²) in [7, 11) is 1.66. The van der Waals surface area contributed by atoms with Gasteiger partial charge in [-0.05, 0) is 48.4 Å². The van der Waals surface area contributed by atoms with Crippen LogP contribution in [0.25, 0.3) is 11.4 Å². The van der Waals surface area contributed by atoms with E-state index in [4.69, 9.17) is 10.00 Å². The Morgan fingerprint density at radius 1 is 1.09 bits per heavy atom. The van der Waals surface area contributed by atoms with E-state index < -0.39 is 0 Å². The van der Waals surface area contributed by atoms with Crippen molar-refractivity contribution >= 4 is 0 Å². The van der Waals surface area contributed by atoms with Crippen LogP contribution in [0.1, 0.15) is 11.1 Å². The zero-order valence-electron chi connectivity index (χ0n) is 12.8. The number of hydrogen-bond acceptors (Lipinski definition) is 4. The van der Waals surface area contributed by atoms with Gasteiger partial charge in [0.25, 0.3) is 0 Å². The molecule has 0 aliphatic carbocycles. The van der Waals surface area contributed by atoms with Crippen molar-refractivity contribution in [2.75, 3.05) is 7.11 Å². The first-order valence-corrected chi connectivity index (χ1v) is 7.31. The van der Waals surface area contributed by atoms with Gasteiger partial charge < -0.3 is 9.30 Å².